The van der Waals surface area contributed by atoms with E-state index >= 15 is 0 Å². The highest BCUT2D eigenvalue weighted by Crippen LogP contribution is 2.19. The molecule has 0 atom stereocenters. The minimum absolute atomic E-state index is 0.0237. The number of halogens is 1. The Morgan fingerprint density at radius 2 is 2.23 bits per heavy atom. The third-order valence-electron chi connectivity index (χ3n) is 1.34. The van der Waals surface area contributed by atoms with Crippen LogP contribution in [0.25, 0.3) is 0 Å². The van der Waals surface area contributed by atoms with E-state index in [2.05, 4.69) is 26.2 Å². The molecule has 1 rings (SSSR count). The minimum atomic E-state index is -0.404. The molecule has 0 aliphatic heterocycles. The van der Waals surface area contributed by atoms with Gasteiger partial charge in [-0.2, -0.15) is 0 Å². The van der Waals surface area contributed by atoms with Crippen molar-refractivity contribution in [1.82, 2.24) is 5.48 Å². The molecule has 70 valence electrons. The average Bonchev–Trinajstić information content (AvgIpc) is 2.03. The molecular weight excluding hydrogens is 238 g/mol. The van der Waals surface area contributed by atoms with Crippen molar-refractivity contribution >= 4 is 21.8 Å². The van der Waals surface area contributed by atoms with Crippen LogP contribution in [0.15, 0.2) is 22.7 Å². The summed E-state index contributed by atoms with van der Waals surface area (Å²) in [7, 11) is 1.34. The van der Waals surface area contributed by atoms with Crippen molar-refractivity contribution in [3.63, 3.8) is 0 Å². The molecule has 0 aliphatic carbocycles. The van der Waals surface area contributed by atoms with Crippen molar-refractivity contribution in [3.8, 4) is 5.75 Å². The van der Waals surface area contributed by atoms with Crippen LogP contribution in [0, 0.1) is 0 Å². The van der Waals surface area contributed by atoms with Crippen LogP contribution in [0.1, 0.15) is 10.4 Å². The first-order chi connectivity index (χ1) is 6.13. The van der Waals surface area contributed by atoms with Crippen LogP contribution in [-0.4, -0.2) is 18.1 Å². The van der Waals surface area contributed by atoms with Crippen LogP contribution in [0.2, 0.25) is 0 Å². The number of phenolic OH excluding ortho intramolecular Hbond substituents is 1. The molecule has 4 nitrogen and oxygen atoms in total. The predicted octanol–water partition coefficient (Wildman–Crippen LogP) is 1.45. The van der Waals surface area contributed by atoms with Gasteiger partial charge in [-0.1, -0.05) is 15.9 Å². The van der Waals surface area contributed by atoms with E-state index in [1.165, 1.54) is 19.2 Å². The van der Waals surface area contributed by atoms with Gasteiger partial charge >= 0.3 is 0 Å². The highest BCUT2D eigenvalue weighted by molar-refractivity contribution is 9.10. The average molecular weight is 246 g/mol. The first kappa shape index (κ1) is 10.0. The fourth-order valence-electron chi connectivity index (χ4n) is 0.857. The molecule has 2 N–H and O–H groups in total. The van der Waals surface area contributed by atoms with E-state index in [-0.39, 0.29) is 5.75 Å². The molecule has 0 radical (unpaired) electrons. The number of aromatic hydroxyl groups is 1. The zero-order chi connectivity index (χ0) is 9.84. The molecule has 1 aromatic rings. The van der Waals surface area contributed by atoms with Crippen molar-refractivity contribution in [2.24, 2.45) is 0 Å². The summed E-state index contributed by atoms with van der Waals surface area (Å²) in [5.74, 6) is -0.380. The lowest BCUT2D eigenvalue weighted by Crippen LogP contribution is -2.21. The second-order valence-corrected chi connectivity index (χ2v) is 3.25. The van der Waals surface area contributed by atoms with E-state index < -0.39 is 5.91 Å². The first-order valence-electron chi connectivity index (χ1n) is 3.46. The van der Waals surface area contributed by atoms with E-state index in [4.69, 9.17) is 5.11 Å². The quantitative estimate of drug-likeness (QED) is 0.776. The van der Waals surface area contributed by atoms with E-state index in [0.29, 0.717) is 10.0 Å². The number of carbonyl (C=O) groups excluding carboxylic acids is 1. The van der Waals surface area contributed by atoms with Crippen LogP contribution in [0.5, 0.6) is 5.75 Å². The predicted molar refractivity (Wildman–Crippen MR) is 50.3 cm³/mol. The van der Waals surface area contributed by atoms with Gasteiger partial charge in [-0.05, 0) is 18.2 Å². The van der Waals surface area contributed by atoms with Gasteiger partial charge in [-0.3, -0.25) is 9.63 Å². The largest absolute Gasteiger partial charge is 0.508 e. The zero-order valence-corrected chi connectivity index (χ0v) is 8.46. The zero-order valence-electron chi connectivity index (χ0n) is 6.87. The lowest BCUT2D eigenvalue weighted by atomic mass is 10.2. The van der Waals surface area contributed by atoms with E-state index in [1.807, 2.05) is 0 Å². The van der Waals surface area contributed by atoms with Gasteiger partial charge in [0, 0.05) is 10.0 Å². The highest BCUT2D eigenvalue weighted by Gasteiger charge is 2.06. The number of hydrogen-bond acceptors (Lipinski definition) is 3. The van der Waals surface area contributed by atoms with Gasteiger partial charge in [0.25, 0.3) is 5.91 Å². The summed E-state index contributed by atoms with van der Waals surface area (Å²) < 4.78 is 0.633. The van der Waals surface area contributed by atoms with Crippen molar-refractivity contribution in [3.05, 3.63) is 28.2 Å². The third kappa shape index (κ3) is 2.71. The summed E-state index contributed by atoms with van der Waals surface area (Å²) in [4.78, 5) is 15.6. The van der Waals surface area contributed by atoms with Crippen LogP contribution in [0.4, 0.5) is 0 Å². The molecule has 0 saturated heterocycles. The van der Waals surface area contributed by atoms with Gasteiger partial charge in [0.05, 0.1) is 7.11 Å². The van der Waals surface area contributed by atoms with E-state index in [9.17, 15) is 4.79 Å². The van der Waals surface area contributed by atoms with Crippen molar-refractivity contribution in [2.75, 3.05) is 7.11 Å². The van der Waals surface area contributed by atoms with Gasteiger partial charge < -0.3 is 5.11 Å². The fraction of sp³-hybridized carbons (Fsp3) is 0.125. The molecule has 1 aromatic carbocycles. The molecule has 0 aromatic heterocycles. The molecule has 13 heavy (non-hydrogen) atoms. The Morgan fingerprint density at radius 1 is 1.54 bits per heavy atom. The second kappa shape index (κ2) is 4.25. The first-order valence-corrected chi connectivity index (χ1v) is 4.25. The molecule has 0 fully saturated rings. The lowest BCUT2D eigenvalue weighted by molar-refractivity contribution is 0.0537. The maximum Gasteiger partial charge on any atom is 0.275 e. The monoisotopic (exact) mass is 245 g/mol. The van der Waals surface area contributed by atoms with Crippen molar-refractivity contribution in [1.29, 1.82) is 0 Å². The van der Waals surface area contributed by atoms with Crippen LogP contribution in [-0.2, 0) is 4.84 Å². The molecule has 0 bridgehead atoms. The molecule has 1 amide bonds. The Balaban J connectivity index is 2.94. The number of hydrogen-bond donors (Lipinski definition) is 2. The number of nitrogens with one attached hydrogen (secondary N) is 1. The van der Waals surface area contributed by atoms with Gasteiger partial charge in [-0.25, -0.2) is 5.48 Å². The Morgan fingerprint density at radius 3 is 2.77 bits per heavy atom. The minimum Gasteiger partial charge on any atom is -0.508 e. The molecule has 0 unspecified atom stereocenters. The Bertz CT molecular complexity index is 307. The number of carbonyl (C=O) groups is 1. The molecule has 5 heteroatoms. The molecule has 0 heterocycles. The topological polar surface area (TPSA) is 58.6 Å². The van der Waals surface area contributed by atoms with Gasteiger partial charge in [0.15, 0.2) is 0 Å². The van der Waals surface area contributed by atoms with Crippen LogP contribution in [0.3, 0.4) is 0 Å². The highest BCUT2D eigenvalue weighted by atomic mass is 79.9. The van der Waals surface area contributed by atoms with Crippen LogP contribution < -0.4 is 5.48 Å². The van der Waals surface area contributed by atoms with Gasteiger partial charge in [0.1, 0.15) is 5.75 Å². The Hall–Kier alpha value is -1.07. The lowest BCUT2D eigenvalue weighted by Gasteiger charge is -2.02. The smallest absolute Gasteiger partial charge is 0.275 e. The number of amides is 1. The van der Waals surface area contributed by atoms with Gasteiger partial charge in [0.2, 0.25) is 0 Å². The number of rotatable bonds is 2. The summed E-state index contributed by atoms with van der Waals surface area (Å²) in [6.07, 6.45) is 0. The summed E-state index contributed by atoms with van der Waals surface area (Å²) in [6.45, 7) is 0. The second-order valence-electron chi connectivity index (χ2n) is 2.33. The Kier molecular flexibility index (Phi) is 3.27. The third-order valence-corrected chi connectivity index (χ3v) is 1.80. The summed E-state index contributed by atoms with van der Waals surface area (Å²) >= 11 is 3.15. The fourth-order valence-corrected chi connectivity index (χ4v) is 1.34. The Labute approximate surface area is 83.6 Å². The van der Waals surface area contributed by atoms with Gasteiger partial charge in [-0.15, -0.1) is 0 Å². The molecular formula is C8H8BrNO3. The number of benzene rings is 1. The maximum absolute atomic E-state index is 11.2. The standard InChI is InChI=1S/C8H8BrNO3/c1-13-10-8(12)5-2-6(9)4-7(11)3-5/h2-4,11H,1H3,(H,10,12). The van der Waals surface area contributed by atoms with Crippen molar-refractivity contribution in [2.45, 2.75) is 0 Å². The molecule has 0 aliphatic rings. The maximum atomic E-state index is 11.2. The van der Waals surface area contributed by atoms with E-state index in [1.54, 1.807) is 6.07 Å². The van der Waals surface area contributed by atoms with Crippen molar-refractivity contribution < 1.29 is 14.7 Å². The number of hydroxylamine groups is 1. The summed E-state index contributed by atoms with van der Waals surface area (Å²) in [6, 6.07) is 4.41. The summed E-state index contributed by atoms with van der Waals surface area (Å²) in [5.41, 5.74) is 2.47. The SMILES string of the molecule is CONC(=O)c1cc(O)cc(Br)c1. The molecule has 0 saturated carbocycles. The molecule has 0 spiro atoms. The summed E-state index contributed by atoms with van der Waals surface area (Å²) in [5, 5.41) is 9.16. The normalized spacial score (nSPS) is 9.69. The van der Waals surface area contributed by atoms with E-state index in [0.717, 1.165) is 0 Å². The number of phenols is 1. The van der Waals surface area contributed by atoms with Crippen LogP contribution >= 0.6 is 15.9 Å².